The monoisotopic (exact) mass is 430 g/mol. The van der Waals surface area contributed by atoms with Gasteiger partial charge in [-0.1, -0.05) is 23.2 Å². The molecule has 144 valence electrons. The number of esters is 1. The second-order valence-electron chi connectivity index (χ2n) is 5.95. The van der Waals surface area contributed by atoms with E-state index in [-0.39, 0.29) is 22.1 Å². The molecule has 0 spiro atoms. The van der Waals surface area contributed by atoms with E-state index >= 15 is 0 Å². The minimum atomic E-state index is -3.56. The van der Waals surface area contributed by atoms with Gasteiger partial charge in [-0.2, -0.15) is 0 Å². The summed E-state index contributed by atoms with van der Waals surface area (Å²) in [5, 5.41) is 0.412. The zero-order valence-electron chi connectivity index (χ0n) is 14.3. The van der Waals surface area contributed by atoms with E-state index in [0.29, 0.717) is 35.3 Å². The van der Waals surface area contributed by atoms with Crippen LogP contribution in [0.4, 0.5) is 0 Å². The number of rotatable bonds is 4. The number of ether oxygens (including phenoxy) is 3. The molecule has 1 aliphatic rings. The summed E-state index contributed by atoms with van der Waals surface area (Å²) in [5.74, 6) is 0.288. The number of hydrogen-bond acceptors (Lipinski definition) is 6. The van der Waals surface area contributed by atoms with E-state index in [1.54, 1.807) is 12.1 Å². The Hall–Kier alpha value is -1.96. The Morgan fingerprint density at radius 1 is 1.11 bits per heavy atom. The van der Waals surface area contributed by atoms with Crippen LogP contribution >= 0.6 is 23.2 Å². The molecule has 6 nitrogen and oxygen atoms in total. The number of fused-ring (bicyclic) bond motifs is 1. The first kappa shape index (κ1) is 19.8. The zero-order valence-corrected chi connectivity index (χ0v) is 16.7. The summed E-state index contributed by atoms with van der Waals surface area (Å²) < 4.78 is 39.9. The molecule has 0 aliphatic carbocycles. The fraction of sp³-hybridized carbons (Fsp3) is 0.278. The lowest BCUT2D eigenvalue weighted by Gasteiger charge is -2.12. The Balaban J connectivity index is 1.77. The molecule has 2 aromatic rings. The van der Waals surface area contributed by atoms with E-state index in [2.05, 4.69) is 0 Å². The second kappa shape index (κ2) is 7.96. The van der Waals surface area contributed by atoms with Crippen molar-refractivity contribution >= 4 is 39.0 Å². The molecule has 0 unspecified atom stereocenters. The average Bonchev–Trinajstić information content (AvgIpc) is 2.85. The Morgan fingerprint density at radius 2 is 1.85 bits per heavy atom. The molecule has 3 rings (SSSR count). The van der Waals surface area contributed by atoms with E-state index in [4.69, 9.17) is 37.4 Å². The van der Waals surface area contributed by atoms with Gasteiger partial charge in [0.05, 0.1) is 33.7 Å². The highest BCUT2D eigenvalue weighted by atomic mass is 35.5. The predicted molar refractivity (Wildman–Crippen MR) is 101 cm³/mol. The molecule has 1 aliphatic heterocycles. The van der Waals surface area contributed by atoms with Crippen molar-refractivity contribution in [3.8, 4) is 11.5 Å². The van der Waals surface area contributed by atoms with Crippen molar-refractivity contribution in [1.29, 1.82) is 0 Å². The van der Waals surface area contributed by atoms with Gasteiger partial charge in [0.25, 0.3) is 0 Å². The largest absolute Gasteiger partial charge is 0.489 e. The van der Waals surface area contributed by atoms with Crippen molar-refractivity contribution in [2.45, 2.75) is 17.9 Å². The van der Waals surface area contributed by atoms with Gasteiger partial charge in [-0.3, -0.25) is 0 Å². The van der Waals surface area contributed by atoms with Crippen molar-refractivity contribution in [1.82, 2.24) is 0 Å². The first-order valence-corrected chi connectivity index (χ1v) is 10.6. The van der Waals surface area contributed by atoms with Crippen LogP contribution in [0.15, 0.2) is 35.2 Å². The number of carbonyl (C=O) groups excluding carboxylic acids is 1. The molecule has 0 bridgehead atoms. The minimum absolute atomic E-state index is 0.0451. The topological polar surface area (TPSA) is 78.9 Å². The molecule has 0 atom stereocenters. The van der Waals surface area contributed by atoms with E-state index < -0.39 is 15.8 Å². The van der Waals surface area contributed by atoms with Gasteiger partial charge in [-0.15, -0.1) is 0 Å². The van der Waals surface area contributed by atoms with E-state index in [1.165, 1.54) is 18.2 Å². The van der Waals surface area contributed by atoms with Crippen molar-refractivity contribution in [2.75, 3.05) is 19.5 Å². The molecule has 9 heteroatoms. The molecule has 0 saturated heterocycles. The lowest BCUT2D eigenvalue weighted by molar-refractivity contribution is 0.0472. The molecule has 0 aromatic heterocycles. The lowest BCUT2D eigenvalue weighted by atomic mass is 10.2. The second-order valence-corrected chi connectivity index (χ2v) is 8.75. The summed E-state index contributed by atoms with van der Waals surface area (Å²) in [6.07, 6.45) is 1.76. The van der Waals surface area contributed by atoms with Crippen LogP contribution in [-0.2, 0) is 21.2 Å². The van der Waals surface area contributed by atoms with Gasteiger partial charge in [-0.05, 0) is 35.9 Å². The fourth-order valence-electron chi connectivity index (χ4n) is 2.51. The summed E-state index contributed by atoms with van der Waals surface area (Å²) in [5.41, 5.74) is 0.704. The average molecular weight is 431 g/mol. The van der Waals surface area contributed by atoms with Crippen LogP contribution in [0.25, 0.3) is 0 Å². The maximum atomic E-state index is 12.3. The number of halogens is 2. The van der Waals surface area contributed by atoms with Gasteiger partial charge >= 0.3 is 5.97 Å². The van der Waals surface area contributed by atoms with E-state index in [1.807, 2.05) is 0 Å². The third-order valence-corrected chi connectivity index (χ3v) is 5.66. The van der Waals surface area contributed by atoms with Crippen LogP contribution < -0.4 is 9.47 Å². The summed E-state index contributed by atoms with van der Waals surface area (Å²) in [6.45, 7) is 0.956. The minimum Gasteiger partial charge on any atom is -0.489 e. The van der Waals surface area contributed by atoms with Gasteiger partial charge < -0.3 is 14.2 Å². The highest BCUT2D eigenvalue weighted by molar-refractivity contribution is 7.90. The fourth-order valence-corrected chi connectivity index (χ4v) is 4.10. The number of sulfone groups is 1. The summed E-state index contributed by atoms with van der Waals surface area (Å²) in [4.78, 5) is 12.2. The number of hydrogen-bond donors (Lipinski definition) is 0. The molecular weight excluding hydrogens is 415 g/mol. The Bertz CT molecular complexity index is 988. The van der Waals surface area contributed by atoms with Crippen LogP contribution in [0.5, 0.6) is 11.5 Å². The summed E-state index contributed by atoms with van der Waals surface area (Å²) >= 11 is 12.1. The maximum absolute atomic E-state index is 12.3. The highest BCUT2D eigenvalue weighted by Gasteiger charge is 2.18. The van der Waals surface area contributed by atoms with Crippen molar-refractivity contribution in [3.05, 3.63) is 51.5 Å². The van der Waals surface area contributed by atoms with Gasteiger partial charge in [0.15, 0.2) is 21.3 Å². The molecule has 2 aromatic carbocycles. The molecule has 0 N–H and O–H groups in total. The van der Waals surface area contributed by atoms with Crippen molar-refractivity contribution in [2.24, 2.45) is 0 Å². The summed E-state index contributed by atoms with van der Waals surface area (Å²) in [7, 11) is -3.56. The summed E-state index contributed by atoms with van der Waals surface area (Å²) in [6, 6.07) is 7.27. The quantitative estimate of drug-likeness (QED) is 0.683. The van der Waals surface area contributed by atoms with Crippen LogP contribution in [0.3, 0.4) is 0 Å². The van der Waals surface area contributed by atoms with E-state index in [0.717, 1.165) is 12.7 Å². The Kier molecular flexibility index (Phi) is 5.83. The standard InChI is InChI=1S/C18H16Cl2O6S/c1-27(22,23)16-9-12(3-4-13(16)19)18(21)26-10-11-7-14(20)17-15(8-11)24-5-2-6-25-17/h3-4,7-9H,2,5-6,10H2,1H3. The van der Waals surface area contributed by atoms with Crippen LogP contribution in [0, 0.1) is 0 Å². The first-order chi connectivity index (χ1) is 12.8. The maximum Gasteiger partial charge on any atom is 0.338 e. The zero-order chi connectivity index (χ0) is 19.6. The first-order valence-electron chi connectivity index (χ1n) is 8.00. The lowest BCUT2D eigenvalue weighted by Crippen LogP contribution is -2.08. The third-order valence-electron chi connectivity index (χ3n) is 3.80. The SMILES string of the molecule is CS(=O)(=O)c1cc(C(=O)OCc2cc(Cl)c3c(c2)OCCCO3)ccc1Cl. The predicted octanol–water partition coefficient (Wildman–Crippen LogP) is 3.92. The van der Waals surface area contributed by atoms with Crippen molar-refractivity contribution < 1.29 is 27.4 Å². The van der Waals surface area contributed by atoms with Crippen molar-refractivity contribution in [3.63, 3.8) is 0 Å². The van der Waals surface area contributed by atoms with E-state index in [9.17, 15) is 13.2 Å². The molecule has 0 saturated carbocycles. The third kappa shape index (κ3) is 4.66. The number of benzene rings is 2. The van der Waals surface area contributed by atoms with Crippen LogP contribution in [0.1, 0.15) is 22.3 Å². The number of carbonyl (C=O) groups is 1. The molecular formula is C18H16Cl2O6S. The Labute approximate surface area is 166 Å². The molecule has 27 heavy (non-hydrogen) atoms. The molecule has 0 amide bonds. The van der Waals surface area contributed by atoms with Crippen LogP contribution in [-0.4, -0.2) is 33.9 Å². The Morgan fingerprint density at radius 3 is 2.59 bits per heavy atom. The van der Waals surface area contributed by atoms with Gasteiger partial charge in [-0.25, -0.2) is 13.2 Å². The van der Waals surface area contributed by atoms with Gasteiger partial charge in [0, 0.05) is 12.7 Å². The molecule has 0 fully saturated rings. The van der Waals surface area contributed by atoms with Gasteiger partial charge in [0.1, 0.15) is 6.61 Å². The highest BCUT2D eigenvalue weighted by Crippen LogP contribution is 2.38. The molecule has 0 radical (unpaired) electrons. The normalized spacial score (nSPS) is 13.7. The smallest absolute Gasteiger partial charge is 0.338 e. The van der Waals surface area contributed by atoms with Crippen LogP contribution in [0.2, 0.25) is 10.0 Å². The van der Waals surface area contributed by atoms with Gasteiger partial charge in [0.2, 0.25) is 0 Å². The molecule has 1 heterocycles.